The molecule has 1 heterocycles. The molecule has 0 fully saturated rings. The minimum absolute atomic E-state index is 0.160. The maximum Gasteiger partial charge on any atom is 0.311 e. The van der Waals surface area contributed by atoms with Gasteiger partial charge in [0.15, 0.2) is 0 Å². The van der Waals surface area contributed by atoms with Gasteiger partial charge in [-0.15, -0.1) is 0 Å². The molecule has 0 radical (unpaired) electrons. The third-order valence-electron chi connectivity index (χ3n) is 5.29. The van der Waals surface area contributed by atoms with Gasteiger partial charge in [0.05, 0.1) is 17.5 Å². The van der Waals surface area contributed by atoms with Crippen LogP contribution in [0.1, 0.15) is 33.8 Å². The molecule has 32 heavy (non-hydrogen) atoms. The van der Waals surface area contributed by atoms with E-state index in [2.05, 4.69) is 5.32 Å². The van der Waals surface area contributed by atoms with E-state index in [9.17, 15) is 14.7 Å². The molecule has 1 aliphatic rings. The fourth-order valence-electron chi connectivity index (χ4n) is 3.59. The van der Waals surface area contributed by atoms with Gasteiger partial charge in [-0.2, -0.15) is 0 Å². The van der Waals surface area contributed by atoms with Crippen LogP contribution in [0, 0.1) is 0 Å². The van der Waals surface area contributed by atoms with E-state index in [0.29, 0.717) is 53.0 Å². The highest BCUT2D eigenvalue weighted by atomic mass is 35.5. The summed E-state index contributed by atoms with van der Waals surface area (Å²) in [5.41, 5.74) is 2.23. The van der Waals surface area contributed by atoms with Gasteiger partial charge in [-0.05, 0) is 48.7 Å². The number of hydrogen-bond donors (Lipinski definition) is 2. The molecule has 4 rings (SSSR count). The molecule has 3 aromatic rings. The number of benzene rings is 3. The van der Waals surface area contributed by atoms with Gasteiger partial charge in [0.1, 0.15) is 17.2 Å². The summed E-state index contributed by atoms with van der Waals surface area (Å²) >= 11 is 6.33. The zero-order valence-electron chi connectivity index (χ0n) is 17.2. The van der Waals surface area contributed by atoms with Crippen molar-refractivity contribution in [3.63, 3.8) is 0 Å². The highest BCUT2D eigenvalue weighted by Gasteiger charge is 2.29. The van der Waals surface area contributed by atoms with Crippen LogP contribution in [-0.4, -0.2) is 30.1 Å². The number of aliphatic carboxylic acids is 1. The number of fused-ring (bicyclic) bond motifs is 1. The fourth-order valence-corrected chi connectivity index (χ4v) is 3.80. The molecule has 2 N–H and O–H groups in total. The van der Waals surface area contributed by atoms with Crippen LogP contribution in [-0.2, 0) is 11.2 Å². The molecule has 1 aliphatic heterocycles. The smallest absolute Gasteiger partial charge is 0.311 e. The molecule has 3 aromatic carbocycles. The lowest BCUT2D eigenvalue weighted by Crippen LogP contribution is -2.25. The number of halogens is 1. The number of carboxylic acid groups (broad SMARTS) is 1. The van der Waals surface area contributed by atoms with Crippen LogP contribution in [0.2, 0.25) is 5.02 Å². The first-order valence-corrected chi connectivity index (χ1v) is 10.7. The van der Waals surface area contributed by atoms with Crippen molar-refractivity contribution in [1.29, 1.82) is 0 Å². The van der Waals surface area contributed by atoms with Crippen LogP contribution in [0.25, 0.3) is 0 Å². The second-order valence-electron chi connectivity index (χ2n) is 7.47. The van der Waals surface area contributed by atoms with Crippen LogP contribution < -0.4 is 14.8 Å². The maximum absolute atomic E-state index is 12.4. The Balaban J connectivity index is 1.39. The van der Waals surface area contributed by atoms with Gasteiger partial charge in [-0.3, -0.25) is 9.59 Å². The standard InChI is InChI=1S/C25H22ClNO5/c26-21-14-20-19(25(29)30)11-13-31-22(20)15-23(21)32-18-8-6-17(7-9-18)24(28)27-12-10-16-4-2-1-3-5-16/h1-9,14-15,19H,10-13H2,(H,27,28)(H,29,30). The molecule has 7 heteroatoms. The SMILES string of the molecule is O=C(NCCc1ccccc1)c1ccc(Oc2cc3c(cc2Cl)C(C(=O)O)CCO3)cc1. The van der Waals surface area contributed by atoms with Gasteiger partial charge in [0.2, 0.25) is 0 Å². The molecule has 0 aliphatic carbocycles. The second-order valence-corrected chi connectivity index (χ2v) is 7.87. The van der Waals surface area contributed by atoms with Crippen molar-refractivity contribution in [2.75, 3.05) is 13.2 Å². The predicted octanol–water partition coefficient (Wildman–Crippen LogP) is 5.06. The highest BCUT2D eigenvalue weighted by molar-refractivity contribution is 6.32. The summed E-state index contributed by atoms with van der Waals surface area (Å²) in [5.74, 6) is -0.401. The maximum atomic E-state index is 12.4. The lowest BCUT2D eigenvalue weighted by molar-refractivity contribution is -0.139. The Morgan fingerprint density at radius 1 is 1.09 bits per heavy atom. The van der Waals surface area contributed by atoms with Crippen molar-refractivity contribution in [3.8, 4) is 17.2 Å². The molecular weight excluding hydrogens is 430 g/mol. The minimum Gasteiger partial charge on any atom is -0.493 e. The molecule has 0 bridgehead atoms. The Morgan fingerprint density at radius 2 is 1.84 bits per heavy atom. The third-order valence-corrected chi connectivity index (χ3v) is 5.58. The van der Waals surface area contributed by atoms with Gasteiger partial charge in [-0.25, -0.2) is 0 Å². The number of rotatable bonds is 7. The molecule has 0 saturated carbocycles. The molecule has 0 aromatic heterocycles. The Labute approximate surface area is 190 Å². The summed E-state index contributed by atoms with van der Waals surface area (Å²) in [6.45, 7) is 0.863. The predicted molar refractivity (Wildman–Crippen MR) is 121 cm³/mol. The van der Waals surface area contributed by atoms with Crippen molar-refractivity contribution in [2.45, 2.75) is 18.8 Å². The van der Waals surface area contributed by atoms with Crippen molar-refractivity contribution < 1.29 is 24.2 Å². The molecule has 0 spiro atoms. The Morgan fingerprint density at radius 3 is 2.56 bits per heavy atom. The van der Waals surface area contributed by atoms with Crippen LogP contribution >= 0.6 is 11.6 Å². The fraction of sp³-hybridized carbons (Fsp3) is 0.200. The van der Waals surface area contributed by atoms with Gasteiger partial charge in [0, 0.05) is 23.7 Å². The van der Waals surface area contributed by atoms with Gasteiger partial charge < -0.3 is 19.9 Å². The molecule has 1 atom stereocenters. The summed E-state index contributed by atoms with van der Waals surface area (Å²) in [5, 5.41) is 12.6. The first-order chi connectivity index (χ1) is 15.5. The molecule has 164 valence electrons. The highest BCUT2D eigenvalue weighted by Crippen LogP contribution is 2.41. The summed E-state index contributed by atoms with van der Waals surface area (Å²) in [6.07, 6.45) is 1.16. The summed E-state index contributed by atoms with van der Waals surface area (Å²) in [6, 6.07) is 19.9. The number of carbonyl (C=O) groups excluding carboxylic acids is 1. The van der Waals surface area contributed by atoms with Gasteiger partial charge in [0.25, 0.3) is 5.91 Å². The van der Waals surface area contributed by atoms with Crippen molar-refractivity contribution in [1.82, 2.24) is 5.32 Å². The number of amides is 1. The topological polar surface area (TPSA) is 84.9 Å². The number of carbonyl (C=O) groups is 2. The average molecular weight is 452 g/mol. The Kier molecular flexibility index (Phi) is 6.61. The van der Waals surface area contributed by atoms with E-state index in [-0.39, 0.29) is 5.91 Å². The minimum atomic E-state index is -0.906. The second kappa shape index (κ2) is 9.75. The van der Waals surface area contributed by atoms with Gasteiger partial charge in [-0.1, -0.05) is 41.9 Å². The number of hydrogen-bond acceptors (Lipinski definition) is 4. The van der Waals surface area contributed by atoms with E-state index >= 15 is 0 Å². The summed E-state index contributed by atoms with van der Waals surface area (Å²) < 4.78 is 11.5. The van der Waals surface area contributed by atoms with E-state index in [4.69, 9.17) is 21.1 Å². The van der Waals surface area contributed by atoms with Crippen LogP contribution in [0.15, 0.2) is 66.7 Å². The number of ether oxygens (including phenoxy) is 2. The van der Waals surface area contributed by atoms with E-state index in [1.807, 2.05) is 30.3 Å². The summed E-state index contributed by atoms with van der Waals surface area (Å²) in [4.78, 5) is 23.8. The Hall–Kier alpha value is -3.51. The number of carboxylic acids is 1. The number of nitrogens with one attached hydrogen (secondary N) is 1. The zero-order valence-corrected chi connectivity index (χ0v) is 18.0. The molecule has 1 unspecified atom stereocenters. The van der Waals surface area contributed by atoms with Crippen molar-refractivity contribution >= 4 is 23.5 Å². The van der Waals surface area contributed by atoms with Crippen molar-refractivity contribution in [2.24, 2.45) is 0 Å². The van der Waals surface area contributed by atoms with E-state index in [1.165, 1.54) is 0 Å². The largest absolute Gasteiger partial charge is 0.493 e. The zero-order chi connectivity index (χ0) is 22.5. The monoisotopic (exact) mass is 451 g/mol. The third kappa shape index (κ3) is 5.03. The normalized spacial score (nSPS) is 14.7. The molecule has 6 nitrogen and oxygen atoms in total. The molecule has 0 saturated heterocycles. The first-order valence-electron chi connectivity index (χ1n) is 10.3. The first kappa shape index (κ1) is 21.7. The van der Waals surface area contributed by atoms with E-state index in [0.717, 1.165) is 12.0 Å². The van der Waals surface area contributed by atoms with Crippen LogP contribution in [0.4, 0.5) is 0 Å². The summed E-state index contributed by atoms with van der Waals surface area (Å²) in [7, 11) is 0. The lowest BCUT2D eigenvalue weighted by atomic mass is 9.93. The lowest BCUT2D eigenvalue weighted by Gasteiger charge is -2.24. The van der Waals surface area contributed by atoms with E-state index in [1.54, 1.807) is 36.4 Å². The average Bonchev–Trinajstić information content (AvgIpc) is 2.80. The van der Waals surface area contributed by atoms with Crippen molar-refractivity contribution in [3.05, 3.63) is 88.4 Å². The quantitative estimate of drug-likeness (QED) is 0.524. The Bertz CT molecular complexity index is 1120. The molecular formula is C25H22ClNO5. The van der Waals surface area contributed by atoms with Crippen LogP contribution in [0.3, 0.4) is 0 Å². The van der Waals surface area contributed by atoms with Gasteiger partial charge >= 0.3 is 5.97 Å². The molecule has 1 amide bonds. The van der Waals surface area contributed by atoms with Crippen LogP contribution in [0.5, 0.6) is 17.2 Å². The van der Waals surface area contributed by atoms with E-state index < -0.39 is 11.9 Å².